The van der Waals surface area contributed by atoms with Crippen LogP contribution in [0.3, 0.4) is 0 Å². The van der Waals surface area contributed by atoms with Crippen molar-refractivity contribution in [1.29, 1.82) is 0 Å². The minimum absolute atomic E-state index is 0.369. The van der Waals surface area contributed by atoms with E-state index in [1.165, 1.54) is 7.11 Å². The number of imide groups is 1. The van der Waals surface area contributed by atoms with E-state index in [-0.39, 0.29) is 5.91 Å². The van der Waals surface area contributed by atoms with Crippen molar-refractivity contribution in [3.63, 3.8) is 0 Å². The van der Waals surface area contributed by atoms with Gasteiger partial charge in [0.15, 0.2) is 0 Å². The highest BCUT2D eigenvalue weighted by atomic mass is 16.5. The van der Waals surface area contributed by atoms with E-state index in [1.54, 1.807) is 18.2 Å². The Bertz CT molecular complexity index is 735. The predicted molar refractivity (Wildman–Crippen MR) is 80.6 cm³/mol. The second-order valence-electron chi connectivity index (χ2n) is 4.60. The molecule has 0 radical (unpaired) electrons. The first kappa shape index (κ1) is 13.1. The quantitative estimate of drug-likeness (QED) is 0.752. The minimum Gasteiger partial charge on any atom is -0.452 e. The van der Waals surface area contributed by atoms with Crippen LogP contribution in [0.25, 0.3) is 11.6 Å². The van der Waals surface area contributed by atoms with Gasteiger partial charge >= 0.3 is 6.09 Å². The lowest BCUT2D eigenvalue weighted by Crippen LogP contribution is -2.33. The lowest BCUT2D eigenvalue weighted by atomic mass is 10.0. The number of para-hydroxylation sites is 1. The summed E-state index contributed by atoms with van der Waals surface area (Å²) in [5, 5.41) is 0. The Kier molecular flexibility index (Phi) is 3.28. The molecule has 0 atom stereocenters. The summed E-state index contributed by atoms with van der Waals surface area (Å²) in [5.74, 6) is -0.369. The van der Waals surface area contributed by atoms with E-state index in [1.807, 2.05) is 42.5 Å². The normalized spacial score (nSPS) is 15.2. The zero-order valence-electron chi connectivity index (χ0n) is 11.4. The molecule has 2 aromatic carbocycles. The van der Waals surface area contributed by atoms with Gasteiger partial charge in [-0.2, -0.15) is 0 Å². The molecule has 3 rings (SSSR count). The largest absolute Gasteiger partial charge is 0.452 e. The molecule has 2 aromatic rings. The average Bonchev–Trinajstić information content (AvgIpc) is 2.80. The first-order chi connectivity index (χ1) is 10.2. The zero-order valence-corrected chi connectivity index (χ0v) is 11.4. The summed E-state index contributed by atoms with van der Waals surface area (Å²) in [6.45, 7) is 0. The average molecular weight is 279 g/mol. The number of anilines is 1. The minimum atomic E-state index is -0.677. The SMILES string of the molecule is COC(=O)N1C(=O)/C(=C/c2ccccc2)c2ccccc21. The molecule has 0 aromatic heterocycles. The molecule has 0 bridgehead atoms. The molecule has 4 nitrogen and oxygen atoms in total. The Labute approximate surface area is 122 Å². The monoisotopic (exact) mass is 279 g/mol. The standard InChI is InChI=1S/C17H13NO3/c1-21-17(20)18-15-10-6-5-9-13(15)14(16(18)19)11-12-7-3-2-4-8-12/h2-11H,1H3/b14-11+. The second-order valence-corrected chi connectivity index (χ2v) is 4.60. The number of methoxy groups -OCH3 is 1. The molecule has 1 heterocycles. The molecule has 104 valence electrons. The van der Waals surface area contributed by atoms with Gasteiger partial charge in [0.2, 0.25) is 0 Å². The lowest BCUT2D eigenvalue weighted by Gasteiger charge is -2.12. The van der Waals surface area contributed by atoms with Crippen molar-refractivity contribution < 1.29 is 14.3 Å². The van der Waals surface area contributed by atoms with E-state index in [0.29, 0.717) is 11.3 Å². The van der Waals surface area contributed by atoms with Crippen molar-refractivity contribution in [2.45, 2.75) is 0 Å². The van der Waals surface area contributed by atoms with Crippen LogP contribution in [0.1, 0.15) is 11.1 Å². The Morgan fingerprint density at radius 1 is 1.05 bits per heavy atom. The van der Waals surface area contributed by atoms with Crippen LogP contribution in [0.2, 0.25) is 0 Å². The van der Waals surface area contributed by atoms with Crippen molar-refractivity contribution in [1.82, 2.24) is 0 Å². The van der Waals surface area contributed by atoms with Crippen LogP contribution in [0.4, 0.5) is 10.5 Å². The summed E-state index contributed by atoms with van der Waals surface area (Å²) in [7, 11) is 1.26. The van der Waals surface area contributed by atoms with Gasteiger partial charge in [-0.25, -0.2) is 9.69 Å². The fourth-order valence-electron chi connectivity index (χ4n) is 2.37. The molecule has 0 saturated heterocycles. The van der Waals surface area contributed by atoms with Crippen molar-refractivity contribution in [2.75, 3.05) is 12.0 Å². The topological polar surface area (TPSA) is 46.6 Å². The van der Waals surface area contributed by atoms with Gasteiger partial charge in [0.05, 0.1) is 18.4 Å². The van der Waals surface area contributed by atoms with Crippen LogP contribution in [-0.4, -0.2) is 19.1 Å². The third kappa shape index (κ3) is 2.21. The van der Waals surface area contributed by atoms with Crippen molar-refractivity contribution >= 4 is 29.3 Å². The van der Waals surface area contributed by atoms with Crippen molar-refractivity contribution in [3.8, 4) is 0 Å². The number of carbonyl (C=O) groups excluding carboxylic acids is 2. The van der Waals surface area contributed by atoms with Crippen LogP contribution in [0, 0.1) is 0 Å². The highest BCUT2D eigenvalue weighted by Gasteiger charge is 2.37. The van der Waals surface area contributed by atoms with Gasteiger partial charge in [-0.3, -0.25) is 4.79 Å². The van der Waals surface area contributed by atoms with Crippen molar-refractivity contribution in [2.24, 2.45) is 0 Å². The number of ether oxygens (including phenoxy) is 1. The predicted octanol–water partition coefficient (Wildman–Crippen LogP) is 3.34. The van der Waals surface area contributed by atoms with Gasteiger partial charge in [-0.15, -0.1) is 0 Å². The van der Waals surface area contributed by atoms with Crippen LogP contribution >= 0.6 is 0 Å². The van der Waals surface area contributed by atoms with E-state index in [0.717, 1.165) is 16.0 Å². The maximum atomic E-state index is 12.5. The fraction of sp³-hybridized carbons (Fsp3) is 0.0588. The van der Waals surface area contributed by atoms with E-state index in [9.17, 15) is 9.59 Å². The third-order valence-corrected chi connectivity index (χ3v) is 3.34. The van der Waals surface area contributed by atoms with Gasteiger partial charge in [0, 0.05) is 5.56 Å². The van der Waals surface area contributed by atoms with E-state index in [4.69, 9.17) is 4.74 Å². The highest BCUT2D eigenvalue weighted by Crippen LogP contribution is 2.37. The summed E-state index contributed by atoms with van der Waals surface area (Å²) in [4.78, 5) is 25.4. The maximum Gasteiger partial charge on any atom is 0.421 e. The van der Waals surface area contributed by atoms with Crippen LogP contribution in [0.5, 0.6) is 0 Å². The molecule has 0 N–H and O–H groups in total. The van der Waals surface area contributed by atoms with Gasteiger partial charge in [0.25, 0.3) is 5.91 Å². The fourth-order valence-corrected chi connectivity index (χ4v) is 2.37. The lowest BCUT2D eigenvalue weighted by molar-refractivity contribution is -0.112. The first-order valence-electron chi connectivity index (χ1n) is 6.51. The number of benzene rings is 2. The van der Waals surface area contributed by atoms with Gasteiger partial charge in [-0.05, 0) is 17.7 Å². The van der Waals surface area contributed by atoms with Gasteiger partial charge < -0.3 is 4.74 Å². The number of hydrogen-bond acceptors (Lipinski definition) is 3. The molecule has 2 amide bonds. The van der Waals surface area contributed by atoms with Gasteiger partial charge in [0.1, 0.15) is 0 Å². The molecule has 4 heteroatoms. The molecule has 21 heavy (non-hydrogen) atoms. The van der Waals surface area contributed by atoms with E-state index in [2.05, 4.69) is 0 Å². The molecule has 1 aliphatic heterocycles. The molecular weight excluding hydrogens is 266 g/mol. The molecule has 0 fully saturated rings. The molecular formula is C17H13NO3. The molecule has 0 saturated carbocycles. The van der Waals surface area contributed by atoms with Crippen molar-refractivity contribution in [3.05, 3.63) is 65.7 Å². The van der Waals surface area contributed by atoms with Gasteiger partial charge in [-0.1, -0.05) is 48.5 Å². The number of fused-ring (bicyclic) bond motifs is 1. The summed E-state index contributed by atoms with van der Waals surface area (Å²) >= 11 is 0. The Balaban J connectivity index is 2.13. The number of carbonyl (C=O) groups is 2. The molecule has 0 spiro atoms. The Morgan fingerprint density at radius 2 is 1.71 bits per heavy atom. The Hall–Kier alpha value is -2.88. The number of hydrogen-bond donors (Lipinski definition) is 0. The molecule has 1 aliphatic rings. The summed E-state index contributed by atoms with van der Waals surface area (Å²) in [5.41, 5.74) is 2.68. The summed E-state index contributed by atoms with van der Waals surface area (Å²) in [6, 6.07) is 16.7. The van der Waals surface area contributed by atoms with Crippen LogP contribution < -0.4 is 4.90 Å². The number of amides is 2. The zero-order chi connectivity index (χ0) is 14.8. The third-order valence-electron chi connectivity index (χ3n) is 3.34. The second kappa shape index (κ2) is 5.25. The summed E-state index contributed by atoms with van der Waals surface area (Å²) < 4.78 is 4.70. The highest BCUT2D eigenvalue weighted by molar-refractivity contribution is 6.41. The molecule has 0 unspecified atom stereocenters. The summed E-state index contributed by atoms with van der Waals surface area (Å²) in [6.07, 6.45) is 1.10. The molecule has 0 aliphatic carbocycles. The van der Waals surface area contributed by atoms with E-state index >= 15 is 0 Å². The first-order valence-corrected chi connectivity index (χ1v) is 6.51. The van der Waals surface area contributed by atoms with E-state index < -0.39 is 6.09 Å². The number of rotatable bonds is 1. The van der Waals surface area contributed by atoms with Crippen LogP contribution in [-0.2, 0) is 9.53 Å². The van der Waals surface area contributed by atoms with Crippen LogP contribution in [0.15, 0.2) is 54.6 Å². The number of nitrogens with zero attached hydrogens (tertiary/aromatic N) is 1. The Morgan fingerprint density at radius 3 is 2.43 bits per heavy atom. The smallest absolute Gasteiger partial charge is 0.421 e. The maximum absolute atomic E-state index is 12.5.